The lowest BCUT2D eigenvalue weighted by Crippen LogP contribution is -1.80. The van der Waals surface area contributed by atoms with Crippen LogP contribution in [-0.4, -0.2) is 0 Å². The van der Waals surface area contributed by atoms with Crippen LogP contribution in [0.2, 0.25) is 0 Å². The zero-order chi connectivity index (χ0) is 13.3. The summed E-state index contributed by atoms with van der Waals surface area (Å²) in [5, 5.41) is 0. The van der Waals surface area contributed by atoms with Gasteiger partial charge in [-0.2, -0.15) is 0 Å². The smallest absolute Gasteiger partial charge is 0.0351 e. The molecular formula is C18H34. The Morgan fingerprint density at radius 1 is 0.611 bits per heavy atom. The largest absolute Gasteiger partial charge is 0.103 e. The van der Waals surface area contributed by atoms with E-state index in [0.717, 1.165) is 0 Å². The molecule has 106 valence electrons. The predicted octanol–water partition coefficient (Wildman–Crippen LogP) is 6.82. The second kappa shape index (κ2) is 16.5. The summed E-state index contributed by atoms with van der Waals surface area (Å²) in [7, 11) is 0. The Balaban J connectivity index is 3.00. The van der Waals surface area contributed by atoms with Crippen molar-refractivity contribution in [3.8, 4) is 0 Å². The van der Waals surface area contributed by atoms with E-state index in [2.05, 4.69) is 25.7 Å². The number of hydrogen-bond donors (Lipinski definition) is 0. The van der Waals surface area contributed by atoms with Crippen LogP contribution in [0, 0.1) is 0 Å². The molecule has 0 aliphatic rings. The lowest BCUT2D eigenvalue weighted by atomic mass is 10.1. The summed E-state index contributed by atoms with van der Waals surface area (Å²) in [4.78, 5) is 0. The molecule has 0 atom stereocenters. The second-order valence-corrected chi connectivity index (χ2v) is 5.31. The minimum absolute atomic E-state index is 1.20. The summed E-state index contributed by atoms with van der Waals surface area (Å²) in [6.45, 7) is 6.02. The average Bonchev–Trinajstić information content (AvgIpc) is 2.39. The summed E-state index contributed by atoms with van der Waals surface area (Å²) in [6.07, 6.45) is 24.5. The van der Waals surface area contributed by atoms with Crippen molar-refractivity contribution in [1.29, 1.82) is 0 Å². The van der Waals surface area contributed by atoms with Crippen LogP contribution in [0.4, 0.5) is 0 Å². The fourth-order valence-electron chi connectivity index (χ4n) is 2.18. The Labute approximate surface area is 116 Å². The number of hydrogen-bond acceptors (Lipinski definition) is 0. The standard InChI is InChI=1S/C18H34/c1-3-5-7-9-11-13-15-17-18-16-14-12-10-8-6-4-2/h3,12,14H,1,4-11,13,15-18H2,2H3/b14-12+. The maximum absolute atomic E-state index is 3.75. The van der Waals surface area contributed by atoms with Crippen LogP contribution in [0.5, 0.6) is 0 Å². The van der Waals surface area contributed by atoms with Gasteiger partial charge in [-0.1, -0.05) is 70.1 Å². The van der Waals surface area contributed by atoms with E-state index in [1.165, 1.54) is 83.5 Å². The van der Waals surface area contributed by atoms with Crippen molar-refractivity contribution in [3.05, 3.63) is 24.8 Å². The molecule has 0 amide bonds. The monoisotopic (exact) mass is 250 g/mol. The molecular weight excluding hydrogens is 216 g/mol. The highest BCUT2D eigenvalue weighted by atomic mass is 14.0. The molecule has 0 rings (SSSR count). The van der Waals surface area contributed by atoms with Gasteiger partial charge in [0.1, 0.15) is 0 Å². The van der Waals surface area contributed by atoms with Crippen LogP contribution in [0.25, 0.3) is 0 Å². The molecule has 0 aromatic rings. The third kappa shape index (κ3) is 15.5. The predicted molar refractivity (Wildman–Crippen MR) is 85.0 cm³/mol. The van der Waals surface area contributed by atoms with Crippen molar-refractivity contribution >= 4 is 0 Å². The molecule has 0 N–H and O–H groups in total. The van der Waals surface area contributed by atoms with Gasteiger partial charge >= 0.3 is 0 Å². The van der Waals surface area contributed by atoms with E-state index in [0.29, 0.717) is 0 Å². The molecule has 0 fully saturated rings. The van der Waals surface area contributed by atoms with Crippen LogP contribution < -0.4 is 0 Å². The van der Waals surface area contributed by atoms with Gasteiger partial charge in [0, 0.05) is 0 Å². The van der Waals surface area contributed by atoms with E-state index in [1.54, 1.807) is 0 Å². The summed E-state index contributed by atoms with van der Waals surface area (Å²) in [6, 6.07) is 0. The number of allylic oxidation sites excluding steroid dienone is 3. The molecule has 18 heavy (non-hydrogen) atoms. The van der Waals surface area contributed by atoms with Crippen molar-refractivity contribution < 1.29 is 0 Å². The quantitative estimate of drug-likeness (QED) is 0.234. The summed E-state index contributed by atoms with van der Waals surface area (Å²) < 4.78 is 0. The van der Waals surface area contributed by atoms with Crippen molar-refractivity contribution in [2.24, 2.45) is 0 Å². The number of unbranched alkanes of at least 4 members (excludes halogenated alkanes) is 11. The molecule has 0 heteroatoms. The minimum atomic E-state index is 1.20. The van der Waals surface area contributed by atoms with Gasteiger partial charge in [0.25, 0.3) is 0 Å². The van der Waals surface area contributed by atoms with Gasteiger partial charge in [0.2, 0.25) is 0 Å². The Bertz CT molecular complexity index is 178. The third-order valence-electron chi connectivity index (χ3n) is 3.42. The highest BCUT2D eigenvalue weighted by Gasteiger charge is 1.90. The van der Waals surface area contributed by atoms with Crippen molar-refractivity contribution in [2.75, 3.05) is 0 Å². The lowest BCUT2D eigenvalue weighted by Gasteiger charge is -2.00. The van der Waals surface area contributed by atoms with E-state index in [-0.39, 0.29) is 0 Å². The first kappa shape index (κ1) is 17.5. The Morgan fingerprint density at radius 3 is 1.56 bits per heavy atom. The maximum Gasteiger partial charge on any atom is -0.0351 e. The van der Waals surface area contributed by atoms with Crippen LogP contribution >= 0.6 is 0 Å². The Morgan fingerprint density at radius 2 is 1.06 bits per heavy atom. The molecule has 0 heterocycles. The van der Waals surface area contributed by atoms with Gasteiger partial charge in [0.05, 0.1) is 0 Å². The van der Waals surface area contributed by atoms with Gasteiger partial charge in [0.15, 0.2) is 0 Å². The first-order valence-corrected chi connectivity index (χ1v) is 8.17. The first-order valence-electron chi connectivity index (χ1n) is 8.17. The normalized spacial score (nSPS) is 11.2. The minimum Gasteiger partial charge on any atom is -0.103 e. The molecule has 0 spiro atoms. The molecule has 0 radical (unpaired) electrons. The average molecular weight is 250 g/mol. The molecule has 0 aromatic heterocycles. The second-order valence-electron chi connectivity index (χ2n) is 5.31. The lowest BCUT2D eigenvalue weighted by molar-refractivity contribution is 0.583. The SMILES string of the molecule is C=CCCCCCCCCC/C=C/CCCCC. The molecule has 0 aromatic carbocycles. The molecule has 0 unspecified atom stereocenters. The summed E-state index contributed by atoms with van der Waals surface area (Å²) >= 11 is 0. The van der Waals surface area contributed by atoms with E-state index in [1.807, 2.05) is 6.08 Å². The number of rotatable bonds is 14. The Kier molecular flexibility index (Phi) is 16.0. The van der Waals surface area contributed by atoms with E-state index >= 15 is 0 Å². The zero-order valence-electron chi connectivity index (χ0n) is 12.6. The Hall–Kier alpha value is -0.520. The van der Waals surface area contributed by atoms with Crippen molar-refractivity contribution in [1.82, 2.24) is 0 Å². The van der Waals surface area contributed by atoms with Gasteiger partial charge in [-0.05, 0) is 38.5 Å². The summed E-state index contributed by atoms with van der Waals surface area (Å²) in [5.41, 5.74) is 0. The van der Waals surface area contributed by atoms with Gasteiger partial charge in [-0.3, -0.25) is 0 Å². The maximum atomic E-state index is 3.75. The van der Waals surface area contributed by atoms with Crippen LogP contribution in [0.1, 0.15) is 90.4 Å². The van der Waals surface area contributed by atoms with Crippen molar-refractivity contribution in [2.45, 2.75) is 90.4 Å². The van der Waals surface area contributed by atoms with Crippen molar-refractivity contribution in [3.63, 3.8) is 0 Å². The van der Waals surface area contributed by atoms with Gasteiger partial charge in [-0.25, -0.2) is 0 Å². The fourth-order valence-corrected chi connectivity index (χ4v) is 2.18. The molecule has 0 nitrogen and oxygen atoms in total. The van der Waals surface area contributed by atoms with Crippen LogP contribution in [0.15, 0.2) is 24.8 Å². The van der Waals surface area contributed by atoms with Crippen LogP contribution in [0.3, 0.4) is 0 Å². The molecule has 0 aliphatic carbocycles. The van der Waals surface area contributed by atoms with E-state index in [9.17, 15) is 0 Å². The van der Waals surface area contributed by atoms with E-state index < -0.39 is 0 Å². The highest BCUT2D eigenvalue weighted by molar-refractivity contribution is 4.81. The molecule has 0 aliphatic heterocycles. The molecule has 0 bridgehead atoms. The van der Waals surface area contributed by atoms with Gasteiger partial charge in [-0.15, -0.1) is 6.58 Å². The fraction of sp³-hybridized carbons (Fsp3) is 0.778. The van der Waals surface area contributed by atoms with Crippen LogP contribution in [-0.2, 0) is 0 Å². The van der Waals surface area contributed by atoms with Gasteiger partial charge < -0.3 is 0 Å². The molecule has 0 saturated carbocycles. The summed E-state index contributed by atoms with van der Waals surface area (Å²) in [5.74, 6) is 0. The molecule has 0 saturated heterocycles. The third-order valence-corrected chi connectivity index (χ3v) is 3.42. The first-order chi connectivity index (χ1) is 8.91. The topological polar surface area (TPSA) is 0 Å². The zero-order valence-corrected chi connectivity index (χ0v) is 12.6. The highest BCUT2D eigenvalue weighted by Crippen LogP contribution is 2.10. The van der Waals surface area contributed by atoms with E-state index in [4.69, 9.17) is 0 Å².